The van der Waals surface area contributed by atoms with Crippen molar-refractivity contribution >= 4 is 28.9 Å². The Kier molecular flexibility index (Phi) is 5.89. The van der Waals surface area contributed by atoms with Gasteiger partial charge in [-0.15, -0.1) is 0 Å². The number of hydrogen-bond donors (Lipinski definition) is 3. The molecule has 0 radical (unpaired) electrons. The molecule has 3 N–H and O–H groups in total. The molecule has 11 heteroatoms. The molecule has 0 saturated carbocycles. The zero-order valence-electron chi connectivity index (χ0n) is 18.8. The van der Waals surface area contributed by atoms with Gasteiger partial charge in [0.1, 0.15) is 11.6 Å². The molecular weight excluding hydrogens is 456 g/mol. The lowest BCUT2D eigenvalue weighted by Crippen LogP contribution is -2.50. The highest BCUT2D eigenvalue weighted by atomic mass is 19.1. The number of fused-ring (bicyclic) bond motifs is 1. The SMILES string of the molecule is CC1CC(NC(=O)O)CN(c2ccncc2Nc2ncc3ccc(-c4c(F)cccc4F)nn23)C1. The molecular formula is C24H23F2N7O2. The van der Waals surface area contributed by atoms with Crippen LogP contribution < -0.4 is 15.5 Å². The van der Waals surface area contributed by atoms with Crippen LogP contribution in [0, 0.1) is 17.6 Å². The van der Waals surface area contributed by atoms with Crippen LogP contribution in [-0.2, 0) is 0 Å². The summed E-state index contributed by atoms with van der Waals surface area (Å²) in [5.74, 6) is -0.790. The summed E-state index contributed by atoms with van der Waals surface area (Å²) in [4.78, 5) is 21.9. The van der Waals surface area contributed by atoms with Crippen molar-refractivity contribution < 1.29 is 18.7 Å². The number of carboxylic acid groups (broad SMARTS) is 1. The Hall–Kier alpha value is -4.28. The van der Waals surface area contributed by atoms with Crippen molar-refractivity contribution in [1.29, 1.82) is 0 Å². The molecule has 4 aromatic rings. The van der Waals surface area contributed by atoms with Crippen LogP contribution in [0.1, 0.15) is 13.3 Å². The first kappa shape index (κ1) is 22.5. The molecule has 1 saturated heterocycles. The molecule has 5 rings (SSSR count). The van der Waals surface area contributed by atoms with Crippen molar-refractivity contribution in [2.24, 2.45) is 5.92 Å². The molecule has 0 aliphatic carbocycles. The average Bonchev–Trinajstić information content (AvgIpc) is 3.20. The number of imidazole rings is 1. The molecule has 2 unspecified atom stereocenters. The van der Waals surface area contributed by atoms with Gasteiger partial charge in [-0.3, -0.25) is 4.98 Å². The fourth-order valence-corrected chi connectivity index (χ4v) is 4.55. The number of rotatable bonds is 5. The average molecular weight is 479 g/mol. The molecule has 1 aromatic carbocycles. The molecule has 1 aliphatic heterocycles. The number of piperidine rings is 1. The second-order valence-corrected chi connectivity index (χ2v) is 8.64. The van der Waals surface area contributed by atoms with Crippen LogP contribution in [0.5, 0.6) is 0 Å². The van der Waals surface area contributed by atoms with Crippen LogP contribution in [0.25, 0.3) is 16.8 Å². The highest BCUT2D eigenvalue weighted by Crippen LogP contribution is 2.32. The maximum Gasteiger partial charge on any atom is 0.404 e. The van der Waals surface area contributed by atoms with E-state index < -0.39 is 17.7 Å². The summed E-state index contributed by atoms with van der Waals surface area (Å²) in [6.07, 6.45) is 4.62. The van der Waals surface area contributed by atoms with Crippen molar-refractivity contribution in [3.63, 3.8) is 0 Å². The van der Waals surface area contributed by atoms with Crippen LogP contribution in [0.3, 0.4) is 0 Å². The number of aromatic nitrogens is 4. The summed E-state index contributed by atoms with van der Waals surface area (Å²) in [6.45, 7) is 3.33. The molecule has 0 spiro atoms. The molecule has 1 fully saturated rings. The number of halogens is 2. The van der Waals surface area contributed by atoms with Crippen molar-refractivity contribution in [2.45, 2.75) is 19.4 Å². The first-order valence-electron chi connectivity index (χ1n) is 11.1. The lowest BCUT2D eigenvalue weighted by molar-refractivity contribution is 0.186. The van der Waals surface area contributed by atoms with E-state index in [1.54, 1.807) is 30.7 Å². The van der Waals surface area contributed by atoms with Gasteiger partial charge in [0.05, 0.1) is 40.5 Å². The summed E-state index contributed by atoms with van der Waals surface area (Å²) in [5.41, 5.74) is 2.03. The Labute approximate surface area is 199 Å². The van der Waals surface area contributed by atoms with Gasteiger partial charge in [-0.05, 0) is 42.7 Å². The standard InChI is InChI=1S/C24H23F2N7O2/c1-14-9-15(29-24(34)35)13-32(12-14)21-7-8-27-11-20(21)30-23-28-10-16-5-6-19(31-33(16)23)22-17(25)3-2-4-18(22)26/h2-8,10-11,14-15,29H,9,12-13H2,1H3,(H,28,30)(H,34,35). The smallest absolute Gasteiger partial charge is 0.404 e. The molecule has 1 amide bonds. The number of nitrogens with one attached hydrogen (secondary N) is 2. The summed E-state index contributed by atoms with van der Waals surface area (Å²) in [7, 11) is 0. The number of nitrogens with zero attached hydrogens (tertiary/aromatic N) is 5. The Bertz CT molecular complexity index is 1370. The van der Waals surface area contributed by atoms with Crippen molar-refractivity contribution in [2.75, 3.05) is 23.3 Å². The minimum Gasteiger partial charge on any atom is -0.465 e. The minimum atomic E-state index is -1.05. The predicted molar refractivity (Wildman–Crippen MR) is 127 cm³/mol. The van der Waals surface area contributed by atoms with E-state index in [0.717, 1.165) is 18.7 Å². The van der Waals surface area contributed by atoms with Crippen LogP contribution in [0.15, 0.2) is 55.0 Å². The van der Waals surface area contributed by atoms with Crippen molar-refractivity contribution in [3.05, 3.63) is 66.6 Å². The monoisotopic (exact) mass is 479 g/mol. The van der Waals surface area contributed by atoms with Gasteiger partial charge in [-0.1, -0.05) is 13.0 Å². The Morgan fingerprint density at radius 3 is 2.69 bits per heavy atom. The molecule has 1 aliphatic rings. The summed E-state index contributed by atoms with van der Waals surface area (Å²) < 4.78 is 30.1. The van der Waals surface area contributed by atoms with E-state index in [9.17, 15) is 13.6 Å². The van der Waals surface area contributed by atoms with Gasteiger partial charge in [0.2, 0.25) is 5.95 Å². The van der Waals surface area contributed by atoms with Crippen molar-refractivity contribution in [1.82, 2.24) is 24.9 Å². The first-order valence-corrected chi connectivity index (χ1v) is 11.1. The highest BCUT2D eigenvalue weighted by molar-refractivity contribution is 5.74. The lowest BCUT2D eigenvalue weighted by Gasteiger charge is -2.38. The topological polar surface area (TPSA) is 108 Å². The normalized spacial score (nSPS) is 18.0. The van der Waals surface area contributed by atoms with Gasteiger partial charge in [-0.25, -0.2) is 18.6 Å². The predicted octanol–water partition coefficient (Wildman–Crippen LogP) is 4.30. The second-order valence-electron chi connectivity index (χ2n) is 8.64. The van der Waals surface area contributed by atoms with E-state index in [2.05, 4.69) is 37.5 Å². The zero-order chi connectivity index (χ0) is 24.5. The maximum atomic E-state index is 14.3. The number of pyridine rings is 1. The third-order valence-corrected chi connectivity index (χ3v) is 5.98. The number of carbonyl (C=O) groups is 1. The van der Waals surface area contributed by atoms with Gasteiger partial charge in [0.15, 0.2) is 0 Å². The fourth-order valence-electron chi connectivity index (χ4n) is 4.55. The summed E-state index contributed by atoms with van der Waals surface area (Å²) in [6, 6.07) is 8.55. The van der Waals surface area contributed by atoms with E-state index in [1.807, 2.05) is 6.07 Å². The molecule has 4 heterocycles. The molecule has 2 atom stereocenters. The van der Waals surface area contributed by atoms with E-state index in [-0.39, 0.29) is 23.2 Å². The molecule has 35 heavy (non-hydrogen) atoms. The van der Waals surface area contributed by atoms with Gasteiger partial charge in [0.25, 0.3) is 0 Å². The zero-order valence-corrected chi connectivity index (χ0v) is 18.8. The lowest BCUT2D eigenvalue weighted by atomic mass is 9.95. The highest BCUT2D eigenvalue weighted by Gasteiger charge is 2.27. The first-order chi connectivity index (χ1) is 16.9. The quantitative estimate of drug-likeness (QED) is 0.392. The van der Waals surface area contributed by atoms with Gasteiger partial charge in [-0.2, -0.15) is 9.61 Å². The third kappa shape index (κ3) is 4.57. The Balaban J connectivity index is 1.48. The number of hydrogen-bond acceptors (Lipinski definition) is 6. The van der Waals surface area contributed by atoms with Crippen molar-refractivity contribution in [3.8, 4) is 11.3 Å². The molecule has 180 valence electrons. The Morgan fingerprint density at radius 2 is 1.91 bits per heavy atom. The van der Waals surface area contributed by atoms with E-state index >= 15 is 0 Å². The number of amides is 1. The summed E-state index contributed by atoms with van der Waals surface area (Å²) >= 11 is 0. The van der Waals surface area contributed by atoms with Gasteiger partial charge >= 0.3 is 6.09 Å². The van der Waals surface area contributed by atoms with Gasteiger partial charge in [0, 0.05) is 25.3 Å². The third-order valence-electron chi connectivity index (χ3n) is 5.98. The van der Waals surface area contributed by atoms with Crippen LogP contribution in [-0.4, -0.2) is 49.9 Å². The fraction of sp³-hybridized carbons (Fsp3) is 0.250. The molecule has 9 nitrogen and oxygen atoms in total. The van der Waals surface area contributed by atoms with Crippen LogP contribution in [0.4, 0.5) is 30.9 Å². The van der Waals surface area contributed by atoms with Crippen LogP contribution in [0.2, 0.25) is 0 Å². The molecule has 0 bridgehead atoms. The second kappa shape index (κ2) is 9.16. The summed E-state index contributed by atoms with van der Waals surface area (Å²) in [5, 5.41) is 19.4. The van der Waals surface area contributed by atoms with Crippen LogP contribution >= 0.6 is 0 Å². The van der Waals surface area contributed by atoms with E-state index in [0.29, 0.717) is 23.7 Å². The number of anilines is 3. The van der Waals surface area contributed by atoms with Gasteiger partial charge < -0.3 is 20.6 Å². The van der Waals surface area contributed by atoms with E-state index in [4.69, 9.17) is 5.11 Å². The number of benzene rings is 1. The molecule has 3 aromatic heterocycles. The van der Waals surface area contributed by atoms with E-state index in [1.165, 1.54) is 22.7 Å². The minimum absolute atomic E-state index is 0.132. The maximum absolute atomic E-state index is 14.3. The largest absolute Gasteiger partial charge is 0.465 e. The Morgan fingerprint density at radius 1 is 1.11 bits per heavy atom.